The van der Waals surface area contributed by atoms with E-state index < -0.39 is 47.7 Å². The summed E-state index contributed by atoms with van der Waals surface area (Å²) in [7, 11) is 0. The summed E-state index contributed by atoms with van der Waals surface area (Å²) < 4.78 is 103. The molecule has 0 amide bonds. The first kappa shape index (κ1) is 12.6. The van der Waals surface area contributed by atoms with Crippen LogP contribution < -0.4 is 0 Å². The van der Waals surface area contributed by atoms with Crippen molar-refractivity contribution in [3.63, 3.8) is 0 Å². The maximum absolute atomic E-state index is 13.4. The number of Topliss-reactive ketones (excluding diaryl/α,β-unsaturated/α-hetero) is 1. The van der Waals surface area contributed by atoms with Crippen molar-refractivity contribution in [2.45, 2.75) is 36.5 Å². The smallest absolute Gasteiger partial charge is 0.298 e. The first-order valence-electron chi connectivity index (χ1n) is 4.38. The fraction of sp³-hybridized carbons (Fsp3) is 0.875. The molecule has 2 saturated carbocycles. The van der Waals surface area contributed by atoms with Crippen LogP contribution in [0.15, 0.2) is 0 Å². The van der Waals surface area contributed by atoms with E-state index in [1.807, 2.05) is 0 Å². The molecule has 17 heavy (non-hydrogen) atoms. The van der Waals surface area contributed by atoms with Crippen molar-refractivity contribution in [1.82, 2.24) is 0 Å². The minimum Gasteiger partial charge on any atom is -0.298 e. The van der Waals surface area contributed by atoms with Gasteiger partial charge in [0.1, 0.15) is 0 Å². The molecule has 2 atom stereocenters. The molecule has 0 N–H and O–H groups in total. The summed E-state index contributed by atoms with van der Waals surface area (Å²) in [6.45, 7) is 0. The lowest BCUT2D eigenvalue weighted by molar-refractivity contribution is -0.325. The molecule has 0 saturated heterocycles. The molecule has 2 rings (SSSR count). The second-order valence-corrected chi connectivity index (χ2v) is 4.29. The quantitative estimate of drug-likeness (QED) is 0.617. The molecule has 2 bridgehead atoms. The molecule has 2 aliphatic carbocycles. The highest BCUT2D eigenvalue weighted by atomic mass is 19.4. The van der Waals surface area contributed by atoms with Gasteiger partial charge in [0.15, 0.2) is 16.9 Å². The van der Waals surface area contributed by atoms with Crippen LogP contribution in [0.3, 0.4) is 0 Å². The molecule has 2 aliphatic rings. The monoisotopic (exact) mass is 268 g/mol. The zero-order valence-corrected chi connectivity index (χ0v) is 7.85. The molecule has 98 valence electrons. The third kappa shape index (κ3) is 0.956. The van der Waals surface area contributed by atoms with Gasteiger partial charge in [0.25, 0.3) is 0 Å². The van der Waals surface area contributed by atoms with Gasteiger partial charge in [-0.15, -0.1) is 0 Å². The number of fused-ring (bicyclic) bond motifs is 2. The van der Waals surface area contributed by atoms with E-state index in [4.69, 9.17) is 0 Å². The highest BCUT2D eigenvalue weighted by molar-refractivity contribution is 5.93. The molecule has 0 radical (unpaired) electrons. The van der Waals surface area contributed by atoms with Crippen LogP contribution in [0, 0.1) is 5.41 Å². The van der Waals surface area contributed by atoms with E-state index in [-0.39, 0.29) is 0 Å². The first-order chi connectivity index (χ1) is 7.33. The molecule has 0 aromatic rings. The Kier molecular flexibility index (Phi) is 1.91. The number of ketones is 1. The summed E-state index contributed by atoms with van der Waals surface area (Å²) in [6.07, 6.45) is -9.97. The molecule has 0 spiro atoms. The molecule has 2 unspecified atom stereocenters. The van der Waals surface area contributed by atoms with Crippen molar-refractivity contribution in [2.24, 2.45) is 5.41 Å². The summed E-state index contributed by atoms with van der Waals surface area (Å²) in [5.41, 5.74) is -8.72. The number of rotatable bonds is 0. The molecular formula is C8H4F8O. The summed E-state index contributed by atoms with van der Waals surface area (Å²) in [5.74, 6) is -13.5. The minimum atomic E-state index is -5.92. The standard InChI is InChI=1S/C8H4F8O/c9-4-1-3(17)5(2-4,8(14,15)16)7(12,13)6(4,10)11/h1-2H2. The topological polar surface area (TPSA) is 17.1 Å². The SMILES string of the molecule is O=C1CC2(F)CC1(C(F)(F)F)C(F)(F)C2(F)F. The van der Waals surface area contributed by atoms with Crippen LogP contribution in [-0.4, -0.2) is 29.5 Å². The lowest BCUT2D eigenvalue weighted by Gasteiger charge is -2.38. The van der Waals surface area contributed by atoms with Crippen LogP contribution in [0.5, 0.6) is 0 Å². The van der Waals surface area contributed by atoms with Gasteiger partial charge in [0, 0.05) is 12.8 Å². The summed E-state index contributed by atoms with van der Waals surface area (Å²) in [4.78, 5) is 10.9. The average Bonchev–Trinajstić information content (AvgIpc) is 2.43. The summed E-state index contributed by atoms with van der Waals surface area (Å²) in [5, 5.41) is 0. The van der Waals surface area contributed by atoms with Gasteiger partial charge in [-0.25, -0.2) is 4.39 Å². The van der Waals surface area contributed by atoms with Gasteiger partial charge < -0.3 is 0 Å². The molecule has 0 aromatic carbocycles. The maximum Gasteiger partial charge on any atom is 0.407 e. The van der Waals surface area contributed by atoms with E-state index in [1.165, 1.54) is 0 Å². The Morgan fingerprint density at radius 2 is 1.41 bits per heavy atom. The molecule has 2 fully saturated rings. The van der Waals surface area contributed by atoms with Crippen LogP contribution in [-0.2, 0) is 4.79 Å². The van der Waals surface area contributed by atoms with Crippen LogP contribution in [0.25, 0.3) is 0 Å². The molecule has 1 nitrogen and oxygen atoms in total. The van der Waals surface area contributed by atoms with Crippen LogP contribution in [0.4, 0.5) is 35.1 Å². The Labute approximate surface area is 88.8 Å². The Hall–Kier alpha value is -0.890. The van der Waals surface area contributed by atoms with Crippen molar-refractivity contribution in [1.29, 1.82) is 0 Å². The van der Waals surface area contributed by atoms with Gasteiger partial charge in [0.05, 0.1) is 0 Å². The maximum atomic E-state index is 13.4. The Bertz CT molecular complexity index is 399. The Balaban J connectivity index is 2.72. The second kappa shape index (κ2) is 2.59. The van der Waals surface area contributed by atoms with E-state index in [2.05, 4.69) is 0 Å². The zero-order valence-electron chi connectivity index (χ0n) is 7.85. The number of carbonyl (C=O) groups excluding carboxylic acids is 1. The predicted molar refractivity (Wildman–Crippen MR) is 36.5 cm³/mol. The highest BCUT2D eigenvalue weighted by Crippen LogP contribution is 2.74. The average molecular weight is 268 g/mol. The van der Waals surface area contributed by atoms with Gasteiger partial charge in [-0.3, -0.25) is 4.79 Å². The lowest BCUT2D eigenvalue weighted by Crippen LogP contribution is -2.63. The fourth-order valence-electron chi connectivity index (χ4n) is 2.48. The summed E-state index contributed by atoms with van der Waals surface area (Å²) >= 11 is 0. The van der Waals surface area contributed by atoms with E-state index in [1.54, 1.807) is 0 Å². The van der Waals surface area contributed by atoms with Gasteiger partial charge >= 0.3 is 18.0 Å². The van der Waals surface area contributed by atoms with Gasteiger partial charge in [-0.1, -0.05) is 0 Å². The number of hydrogen-bond donors (Lipinski definition) is 0. The van der Waals surface area contributed by atoms with Gasteiger partial charge in [-0.05, 0) is 0 Å². The van der Waals surface area contributed by atoms with E-state index in [0.717, 1.165) is 0 Å². The Morgan fingerprint density at radius 1 is 0.941 bits per heavy atom. The van der Waals surface area contributed by atoms with Crippen molar-refractivity contribution in [3.05, 3.63) is 0 Å². The third-order valence-corrected chi connectivity index (χ3v) is 3.44. The molecule has 0 aromatic heterocycles. The lowest BCUT2D eigenvalue weighted by atomic mass is 9.77. The highest BCUT2D eigenvalue weighted by Gasteiger charge is 2.96. The largest absolute Gasteiger partial charge is 0.407 e. The van der Waals surface area contributed by atoms with Crippen LogP contribution in [0.1, 0.15) is 12.8 Å². The van der Waals surface area contributed by atoms with E-state index in [9.17, 15) is 39.9 Å². The molecule has 0 heterocycles. The van der Waals surface area contributed by atoms with Gasteiger partial charge in [-0.2, -0.15) is 30.7 Å². The normalized spacial score (nSPS) is 43.2. The van der Waals surface area contributed by atoms with Crippen molar-refractivity contribution in [3.8, 4) is 0 Å². The fourth-order valence-corrected chi connectivity index (χ4v) is 2.48. The van der Waals surface area contributed by atoms with E-state index >= 15 is 0 Å². The van der Waals surface area contributed by atoms with Crippen molar-refractivity contribution < 1.29 is 39.9 Å². The number of halogens is 8. The third-order valence-electron chi connectivity index (χ3n) is 3.44. The van der Waals surface area contributed by atoms with Crippen LogP contribution in [0.2, 0.25) is 0 Å². The molecule has 9 heteroatoms. The predicted octanol–water partition coefficient (Wildman–Crippen LogP) is 2.89. The van der Waals surface area contributed by atoms with E-state index in [0.29, 0.717) is 0 Å². The van der Waals surface area contributed by atoms with Crippen LogP contribution >= 0.6 is 0 Å². The van der Waals surface area contributed by atoms with Crippen molar-refractivity contribution >= 4 is 5.78 Å². The second-order valence-electron chi connectivity index (χ2n) is 4.29. The number of carbonyl (C=O) groups is 1. The first-order valence-corrected chi connectivity index (χ1v) is 4.38. The number of hydrogen-bond acceptors (Lipinski definition) is 1. The van der Waals surface area contributed by atoms with Gasteiger partial charge in [0.2, 0.25) is 0 Å². The number of alkyl halides is 8. The zero-order chi connectivity index (χ0) is 13.5. The molecule has 0 aliphatic heterocycles. The molecular weight excluding hydrogens is 264 g/mol. The van der Waals surface area contributed by atoms with Crippen molar-refractivity contribution in [2.75, 3.05) is 0 Å². The summed E-state index contributed by atoms with van der Waals surface area (Å²) in [6, 6.07) is 0. The minimum absolute atomic E-state index is 1.84. The Morgan fingerprint density at radius 3 is 1.71 bits per heavy atom.